The first-order chi connectivity index (χ1) is 22.2. The minimum atomic E-state index is -3.95. The second-order valence-corrected chi connectivity index (χ2v) is 12.3. The van der Waals surface area contributed by atoms with E-state index in [0.29, 0.717) is 36.8 Å². The van der Waals surface area contributed by atoms with Crippen molar-refractivity contribution in [2.24, 2.45) is 0 Å². The van der Waals surface area contributed by atoms with Gasteiger partial charge in [0.25, 0.3) is 15.9 Å². The number of ether oxygens (including phenoxy) is 2. The Labute approximate surface area is 273 Å². The number of carbonyl (C=O) groups is 2. The van der Waals surface area contributed by atoms with Gasteiger partial charge in [0.05, 0.1) is 4.90 Å². The Kier molecular flexibility index (Phi) is 12.5. The molecular formula is C34H35ClFN3O6S. The molecule has 0 heterocycles. The van der Waals surface area contributed by atoms with Crippen molar-refractivity contribution in [2.75, 3.05) is 31.1 Å². The van der Waals surface area contributed by atoms with Gasteiger partial charge in [-0.3, -0.25) is 14.3 Å². The number of rotatable bonds is 16. The fourth-order valence-corrected chi connectivity index (χ4v) is 5.70. The number of sulfonamides is 1. The lowest BCUT2D eigenvalue weighted by atomic mass is 10.0. The quantitative estimate of drug-likeness (QED) is 0.142. The third kappa shape index (κ3) is 10.0. The zero-order chi connectivity index (χ0) is 32.9. The lowest BCUT2D eigenvalue weighted by Crippen LogP contribution is -2.45. The normalized spacial score (nSPS) is 11.8. The summed E-state index contributed by atoms with van der Waals surface area (Å²) < 4.78 is 52.3. The van der Waals surface area contributed by atoms with Crippen LogP contribution in [0.25, 0.3) is 0 Å². The number of halogens is 2. The zero-order valence-electron chi connectivity index (χ0n) is 25.2. The van der Waals surface area contributed by atoms with Crippen molar-refractivity contribution in [3.05, 3.63) is 125 Å². The van der Waals surface area contributed by atoms with Crippen LogP contribution in [0, 0.1) is 5.82 Å². The summed E-state index contributed by atoms with van der Waals surface area (Å²) in [5.74, 6) is -1.06. The Morgan fingerprint density at radius 3 is 2.24 bits per heavy atom. The summed E-state index contributed by atoms with van der Waals surface area (Å²) in [6, 6.07) is 25.5. The maximum absolute atomic E-state index is 13.8. The molecule has 1 atom stereocenters. The number of carbonyl (C=O) groups excluding carboxylic acids is 2. The molecule has 0 unspecified atom stereocenters. The average molecular weight is 668 g/mol. The molecule has 0 aliphatic rings. The minimum Gasteiger partial charge on any atom is -0.484 e. The van der Waals surface area contributed by atoms with E-state index in [4.69, 9.17) is 21.1 Å². The summed E-state index contributed by atoms with van der Waals surface area (Å²) in [7, 11) is -3.95. The summed E-state index contributed by atoms with van der Waals surface area (Å²) in [5.41, 5.74) is 1.58. The van der Waals surface area contributed by atoms with Crippen LogP contribution >= 0.6 is 11.6 Å². The highest BCUT2D eigenvalue weighted by Gasteiger charge is 2.31. The molecule has 0 aliphatic carbocycles. The monoisotopic (exact) mass is 667 g/mol. The van der Waals surface area contributed by atoms with Crippen molar-refractivity contribution in [2.45, 2.75) is 30.8 Å². The highest BCUT2D eigenvalue weighted by molar-refractivity contribution is 7.92. The molecule has 0 spiro atoms. The van der Waals surface area contributed by atoms with E-state index in [1.807, 2.05) is 13.0 Å². The van der Waals surface area contributed by atoms with Crippen molar-refractivity contribution in [1.29, 1.82) is 0 Å². The van der Waals surface area contributed by atoms with Crippen molar-refractivity contribution in [3.8, 4) is 5.75 Å². The van der Waals surface area contributed by atoms with Crippen molar-refractivity contribution >= 4 is 39.1 Å². The van der Waals surface area contributed by atoms with Gasteiger partial charge in [0.15, 0.2) is 6.61 Å². The molecule has 9 nitrogen and oxygen atoms in total. The topological polar surface area (TPSA) is 114 Å². The first-order valence-corrected chi connectivity index (χ1v) is 16.5. The van der Waals surface area contributed by atoms with Gasteiger partial charge in [0.2, 0.25) is 5.91 Å². The van der Waals surface area contributed by atoms with E-state index in [-0.39, 0.29) is 28.8 Å². The van der Waals surface area contributed by atoms with Crippen LogP contribution in [0.2, 0.25) is 5.02 Å². The Balaban J connectivity index is 1.52. The standard InChI is InChI=1S/C34H35ClFN3O6S/c1-2-44-22-6-21-37-34(41)33(26-7-4-3-5-8-26)39(23-25-9-11-27(35)12-10-25)32(40)24-45-30-17-19-31(20-18-30)46(42,43)38-29-15-13-28(36)14-16-29/h3-5,7-20,33,38H,2,6,21-24H2,1H3,(H,37,41)/t33-/m1/s1. The van der Waals surface area contributed by atoms with Crippen molar-refractivity contribution in [3.63, 3.8) is 0 Å². The first-order valence-electron chi connectivity index (χ1n) is 14.6. The van der Waals surface area contributed by atoms with Gasteiger partial charge >= 0.3 is 0 Å². The van der Waals surface area contributed by atoms with Gasteiger partial charge in [-0.15, -0.1) is 0 Å². The van der Waals surface area contributed by atoms with E-state index < -0.39 is 34.4 Å². The summed E-state index contributed by atoms with van der Waals surface area (Å²) >= 11 is 6.09. The lowest BCUT2D eigenvalue weighted by molar-refractivity contribution is -0.143. The van der Waals surface area contributed by atoms with Crippen LogP contribution in [0.1, 0.15) is 30.5 Å². The van der Waals surface area contributed by atoms with E-state index in [9.17, 15) is 22.4 Å². The highest BCUT2D eigenvalue weighted by atomic mass is 35.5. The molecule has 4 rings (SSSR count). The second kappa shape index (κ2) is 16.7. The average Bonchev–Trinajstić information content (AvgIpc) is 3.06. The number of nitrogens with one attached hydrogen (secondary N) is 2. The molecule has 2 amide bonds. The van der Waals surface area contributed by atoms with Crippen LogP contribution in [-0.4, -0.2) is 51.5 Å². The van der Waals surface area contributed by atoms with Crippen molar-refractivity contribution in [1.82, 2.24) is 10.2 Å². The first kappa shape index (κ1) is 34.4. The van der Waals surface area contributed by atoms with Gasteiger partial charge in [0, 0.05) is 37.0 Å². The Hall–Kier alpha value is -4.45. The van der Waals surface area contributed by atoms with Crippen molar-refractivity contribution < 1.29 is 31.9 Å². The third-order valence-electron chi connectivity index (χ3n) is 6.82. The maximum atomic E-state index is 13.8. The molecule has 0 bridgehead atoms. The molecule has 0 saturated carbocycles. The number of nitrogens with zero attached hydrogens (tertiary/aromatic N) is 1. The molecule has 4 aromatic carbocycles. The van der Waals surface area contributed by atoms with Gasteiger partial charge in [0.1, 0.15) is 17.6 Å². The van der Waals surface area contributed by atoms with Crippen LogP contribution in [0.5, 0.6) is 5.75 Å². The Morgan fingerprint density at radius 2 is 1.59 bits per heavy atom. The van der Waals surface area contributed by atoms with Gasteiger partial charge in [-0.2, -0.15) is 0 Å². The molecule has 0 radical (unpaired) electrons. The molecule has 0 aliphatic heterocycles. The molecule has 0 saturated heterocycles. The number of amides is 2. The molecule has 2 N–H and O–H groups in total. The van der Waals surface area contributed by atoms with E-state index in [2.05, 4.69) is 10.0 Å². The molecular weight excluding hydrogens is 633 g/mol. The van der Waals surface area contributed by atoms with E-state index >= 15 is 0 Å². The minimum absolute atomic E-state index is 0.0509. The van der Waals surface area contributed by atoms with Crippen LogP contribution in [0.15, 0.2) is 108 Å². The predicted molar refractivity (Wildman–Crippen MR) is 174 cm³/mol. The summed E-state index contributed by atoms with van der Waals surface area (Å²) in [6.07, 6.45) is 0.612. The SMILES string of the molecule is CCOCCCNC(=O)[C@@H](c1ccccc1)N(Cc1ccc(Cl)cc1)C(=O)COc1ccc(S(=O)(=O)Nc2ccc(F)cc2)cc1. The summed E-state index contributed by atoms with van der Waals surface area (Å²) in [6.45, 7) is 3.01. The van der Waals surface area contributed by atoms with E-state index in [1.165, 1.54) is 41.3 Å². The van der Waals surface area contributed by atoms with Gasteiger partial charge < -0.3 is 19.7 Å². The van der Waals surface area contributed by atoms with Gasteiger partial charge in [-0.1, -0.05) is 54.1 Å². The van der Waals surface area contributed by atoms with Crippen LogP contribution < -0.4 is 14.8 Å². The fourth-order valence-electron chi connectivity index (χ4n) is 4.52. The van der Waals surface area contributed by atoms with Gasteiger partial charge in [-0.25, -0.2) is 12.8 Å². The Bertz CT molecular complexity index is 1670. The summed E-state index contributed by atoms with van der Waals surface area (Å²) in [5, 5.41) is 3.47. The maximum Gasteiger partial charge on any atom is 0.261 e. The lowest BCUT2D eigenvalue weighted by Gasteiger charge is -2.31. The number of hydrogen-bond donors (Lipinski definition) is 2. The molecule has 4 aromatic rings. The number of anilines is 1. The molecule has 0 fully saturated rings. The number of hydrogen-bond acceptors (Lipinski definition) is 6. The van der Waals surface area contributed by atoms with E-state index in [1.54, 1.807) is 48.5 Å². The Morgan fingerprint density at radius 1 is 0.913 bits per heavy atom. The second-order valence-electron chi connectivity index (χ2n) is 10.2. The fraction of sp³-hybridized carbons (Fsp3) is 0.235. The van der Waals surface area contributed by atoms with Crippen LogP contribution in [-0.2, 0) is 30.9 Å². The molecule has 242 valence electrons. The predicted octanol–water partition coefficient (Wildman–Crippen LogP) is 5.97. The number of benzene rings is 4. The van der Waals surface area contributed by atoms with Crippen LogP contribution in [0.4, 0.5) is 10.1 Å². The van der Waals surface area contributed by atoms with Gasteiger partial charge in [-0.05, 0) is 85.1 Å². The summed E-state index contributed by atoms with van der Waals surface area (Å²) in [4.78, 5) is 28.8. The van der Waals surface area contributed by atoms with Crippen LogP contribution in [0.3, 0.4) is 0 Å². The third-order valence-corrected chi connectivity index (χ3v) is 8.47. The van der Waals surface area contributed by atoms with E-state index in [0.717, 1.165) is 17.7 Å². The highest BCUT2D eigenvalue weighted by Crippen LogP contribution is 2.26. The largest absolute Gasteiger partial charge is 0.484 e. The molecule has 0 aromatic heterocycles. The molecule has 12 heteroatoms. The molecule has 46 heavy (non-hydrogen) atoms. The smallest absolute Gasteiger partial charge is 0.261 e. The zero-order valence-corrected chi connectivity index (χ0v) is 26.8.